The SMILES string of the molecule is C[C@@H]1CN(c2ncnc3c2C(C)(C)CN3c2cnc(C(F)(F)F)c(C#N)c2)[C@@H](C)CN1C(=O)C1(C)CCS1(=O)=O. The predicted octanol–water partition coefficient (Wildman–Crippen LogP) is 3.19. The molecule has 0 radical (unpaired) electrons. The maximum Gasteiger partial charge on any atom is 0.434 e. The molecule has 5 heterocycles. The van der Waals surface area contributed by atoms with Gasteiger partial charge in [0.1, 0.15) is 28.8 Å². The van der Waals surface area contributed by atoms with Gasteiger partial charge < -0.3 is 14.7 Å². The standard InChI is InChI=1S/C26H30F3N7O3S/c1-15-12-35(23(37)25(5)6-7-40(25,38)39)16(2)11-34(15)21-19-22(33-14-32-21)36(13-24(19,3)4)18-8-17(9-30)20(31-10-18)26(27,28)29/h8,10,14-16H,6-7,11-13H2,1-5H3/t15-,16+,25?/m0/s1. The molecule has 0 aromatic carbocycles. The average Bonchev–Trinajstić information content (AvgIpc) is 3.18. The summed E-state index contributed by atoms with van der Waals surface area (Å²) in [5.41, 5.74) is -1.23. The second-order valence-corrected chi connectivity index (χ2v) is 14.2. The van der Waals surface area contributed by atoms with Crippen LogP contribution in [0, 0.1) is 11.3 Å². The molecule has 40 heavy (non-hydrogen) atoms. The molecule has 10 nitrogen and oxygen atoms in total. The van der Waals surface area contributed by atoms with Gasteiger partial charge in [0.2, 0.25) is 5.91 Å². The van der Waals surface area contributed by atoms with E-state index in [1.165, 1.54) is 19.3 Å². The Kier molecular flexibility index (Phi) is 6.33. The molecule has 3 aliphatic rings. The van der Waals surface area contributed by atoms with Crippen molar-refractivity contribution >= 4 is 33.1 Å². The Morgan fingerprint density at radius 1 is 1.10 bits per heavy atom. The molecule has 0 aliphatic carbocycles. The van der Waals surface area contributed by atoms with Crippen LogP contribution in [0.15, 0.2) is 18.6 Å². The van der Waals surface area contributed by atoms with Gasteiger partial charge in [0, 0.05) is 42.7 Å². The summed E-state index contributed by atoms with van der Waals surface area (Å²) in [6, 6.07) is 2.28. The summed E-state index contributed by atoms with van der Waals surface area (Å²) in [5.74, 6) is 0.793. The maximum atomic E-state index is 13.3. The largest absolute Gasteiger partial charge is 0.434 e. The number of alkyl halides is 3. The van der Waals surface area contributed by atoms with Gasteiger partial charge in [0.15, 0.2) is 15.5 Å². The molecule has 2 aromatic rings. The summed E-state index contributed by atoms with van der Waals surface area (Å²) in [5, 5.41) is 9.37. The molecule has 2 saturated heterocycles. The Balaban J connectivity index is 1.48. The van der Waals surface area contributed by atoms with Crippen molar-refractivity contribution in [1.29, 1.82) is 5.26 Å². The molecule has 214 valence electrons. The van der Waals surface area contributed by atoms with Crippen LogP contribution in [0.4, 0.5) is 30.5 Å². The zero-order chi connectivity index (χ0) is 29.4. The van der Waals surface area contributed by atoms with Crippen molar-refractivity contribution in [3.8, 4) is 6.07 Å². The minimum atomic E-state index is -4.75. The molecule has 5 rings (SSSR count). The van der Waals surface area contributed by atoms with Crippen molar-refractivity contribution in [2.24, 2.45) is 0 Å². The lowest BCUT2D eigenvalue weighted by atomic mass is 9.87. The molecule has 0 saturated carbocycles. The van der Waals surface area contributed by atoms with Gasteiger partial charge in [0.25, 0.3) is 0 Å². The first-order valence-corrected chi connectivity index (χ1v) is 14.6. The number of piperazine rings is 1. The molecule has 3 atom stereocenters. The van der Waals surface area contributed by atoms with Crippen LogP contribution in [0.3, 0.4) is 0 Å². The first-order valence-electron chi connectivity index (χ1n) is 12.9. The third kappa shape index (κ3) is 4.17. The van der Waals surface area contributed by atoms with Gasteiger partial charge in [-0.05, 0) is 33.3 Å². The summed E-state index contributed by atoms with van der Waals surface area (Å²) in [7, 11) is -3.47. The maximum absolute atomic E-state index is 13.3. The lowest BCUT2D eigenvalue weighted by Gasteiger charge is -2.49. The van der Waals surface area contributed by atoms with Crippen LogP contribution < -0.4 is 9.80 Å². The van der Waals surface area contributed by atoms with E-state index in [2.05, 4.69) is 19.9 Å². The Morgan fingerprint density at radius 2 is 1.77 bits per heavy atom. The minimum Gasteiger partial charge on any atom is -0.350 e. The number of sulfone groups is 1. The smallest absolute Gasteiger partial charge is 0.350 e. The molecule has 14 heteroatoms. The summed E-state index contributed by atoms with van der Waals surface area (Å²) < 4.78 is 63.4. The molecule has 3 aliphatic heterocycles. The van der Waals surface area contributed by atoms with Crippen molar-refractivity contribution in [2.45, 2.75) is 69.5 Å². The Labute approximate surface area is 230 Å². The summed E-state index contributed by atoms with van der Waals surface area (Å²) in [6.45, 7) is 10.4. The normalized spacial score (nSPS) is 27.1. The molecule has 1 amide bonds. The van der Waals surface area contributed by atoms with E-state index in [-0.39, 0.29) is 23.7 Å². The number of nitriles is 1. The number of fused-ring (bicyclic) bond motifs is 1. The number of nitrogens with zero attached hydrogens (tertiary/aromatic N) is 7. The van der Waals surface area contributed by atoms with Crippen LogP contribution in [-0.4, -0.2) is 76.4 Å². The Hall–Kier alpha value is -3.47. The second-order valence-electron chi connectivity index (χ2n) is 11.7. The Bertz CT molecular complexity index is 1540. The predicted molar refractivity (Wildman–Crippen MR) is 141 cm³/mol. The third-order valence-corrected chi connectivity index (χ3v) is 10.9. The number of amides is 1. The van der Waals surface area contributed by atoms with Crippen molar-refractivity contribution in [3.63, 3.8) is 0 Å². The van der Waals surface area contributed by atoms with Crippen molar-refractivity contribution in [2.75, 3.05) is 35.2 Å². The first-order chi connectivity index (χ1) is 18.5. The number of aromatic nitrogens is 3. The topological polar surface area (TPSA) is 123 Å². The first kappa shape index (κ1) is 28.1. The van der Waals surface area contributed by atoms with Crippen molar-refractivity contribution in [1.82, 2.24) is 19.9 Å². The van der Waals surface area contributed by atoms with E-state index in [1.54, 1.807) is 15.9 Å². The number of carbonyl (C=O) groups is 1. The summed E-state index contributed by atoms with van der Waals surface area (Å²) >= 11 is 0. The summed E-state index contributed by atoms with van der Waals surface area (Å²) in [6.07, 6.45) is -1.95. The van der Waals surface area contributed by atoms with E-state index in [1.807, 2.05) is 27.7 Å². The van der Waals surface area contributed by atoms with Gasteiger partial charge >= 0.3 is 6.18 Å². The van der Waals surface area contributed by atoms with E-state index in [9.17, 15) is 31.6 Å². The third-order valence-electron chi connectivity index (χ3n) is 8.37. The van der Waals surface area contributed by atoms with Crippen molar-refractivity contribution in [3.05, 3.63) is 35.4 Å². The number of pyridine rings is 1. The average molecular weight is 578 g/mol. The monoisotopic (exact) mass is 577 g/mol. The van der Waals surface area contributed by atoms with E-state index >= 15 is 0 Å². The number of rotatable bonds is 3. The highest BCUT2D eigenvalue weighted by atomic mass is 32.2. The van der Waals surface area contributed by atoms with E-state index in [0.717, 1.165) is 11.8 Å². The van der Waals surface area contributed by atoms with Crippen LogP contribution >= 0.6 is 0 Å². The van der Waals surface area contributed by atoms with Gasteiger partial charge in [-0.15, -0.1) is 0 Å². The molecule has 2 fully saturated rings. The van der Waals surface area contributed by atoms with E-state index in [4.69, 9.17) is 0 Å². The number of anilines is 3. The van der Waals surface area contributed by atoms with Crippen LogP contribution in [0.1, 0.15) is 57.9 Å². The molecular weight excluding hydrogens is 547 g/mol. The number of carbonyl (C=O) groups excluding carboxylic acids is 1. The van der Waals surface area contributed by atoms with Crippen LogP contribution in [0.2, 0.25) is 0 Å². The van der Waals surface area contributed by atoms with Gasteiger partial charge in [-0.2, -0.15) is 18.4 Å². The van der Waals surface area contributed by atoms with Crippen molar-refractivity contribution < 1.29 is 26.4 Å². The quantitative estimate of drug-likeness (QED) is 0.541. The van der Waals surface area contributed by atoms with Crippen LogP contribution in [0.5, 0.6) is 0 Å². The molecule has 0 bridgehead atoms. The lowest BCUT2D eigenvalue weighted by molar-refractivity contribution is -0.141. The molecular formula is C26H30F3N7O3S. The molecule has 0 spiro atoms. The van der Waals surface area contributed by atoms with Gasteiger partial charge in [-0.25, -0.2) is 23.4 Å². The van der Waals surface area contributed by atoms with Crippen LogP contribution in [-0.2, 0) is 26.2 Å². The highest BCUT2D eigenvalue weighted by Crippen LogP contribution is 2.48. The second kappa shape index (κ2) is 9.02. The van der Waals surface area contributed by atoms with E-state index in [0.29, 0.717) is 43.4 Å². The molecule has 0 N–H and O–H groups in total. The number of hydrogen-bond donors (Lipinski definition) is 0. The number of halogens is 3. The lowest BCUT2D eigenvalue weighted by Crippen LogP contribution is -2.66. The Morgan fingerprint density at radius 3 is 2.35 bits per heavy atom. The highest BCUT2D eigenvalue weighted by Gasteiger charge is 2.57. The fraction of sp³-hybridized carbons (Fsp3) is 0.577. The zero-order valence-electron chi connectivity index (χ0n) is 22.8. The van der Waals surface area contributed by atoms with Gasteiger partial charge in [-0.1, -0.05) is 13.8 Å². The zero-order valence-corrected chi connectivity index (χ0v) is 23.6. The van der Waals surface area contributed by atoms with Crippen LogP contribution in [0.25, 0.3) is 0 Å². The fourth-order valence-corrected chi connectivity index (χ4v) is 7.43. The highest BCUT2D eigenvalue weighted by molar-refractivity contribution is 7.95. The van der Waals surface area contributed by atoms with E-state index < -0.39 is 37.4 Å². The molecule has 1 unspecified atom stereocenters. The summed E-state index contributed by atoms with van der Waals surface area (Å²) in [4.78, 5) is 31.4. The van der Waals surface area contributed by atoms with Gasteiger partial charge in [0.05, 0.1) is 23.2 Å². The fourth-order valence-electron chi connectivity index (χ4n) is 5.89. The molecule has 2 aromatic heterocycles. The van der Waals surface area contributed by atoms with Gasteiger partial charge in [-0.3, -0.25) is 4.79 Å². The number of hydrogen-bond acceptors (Lipinski definition) is 9. The minimum absolute atomic E-state index is 0.0160.